The van der Waals surface area contributed by atoms with E-state index in [0.717, 1.165) is 0 Å². The van der Waals surface area contributed by atoms with Crippen LogP contribution in [-0.4, -0.2) is 62.8 Å². The summed E-state index contributed by atoms with van der Waals surface area (Å²) in [6, 6.07) is 6.28. The minimum Gasteiger partial charge on any atom is -1.00 e. The predicted octanol–water partition coefficient (Wildman–Crippen LogP) is 0.304. The van der Waals surface area contributed by atoms with Crippen LogP contribution in [0.2, 0.25) is 10.0 Å². The number of thioether (sulfide) groups is 1. The summed E-state index contributed by atoms with van der Waals surface area (Å²) < 4.78 is 16.5. The van der Waals surface area contributed by atoms with Crippen LogP contribution in [0.25, 0.3) is 11.3 Å². The summed E-state index contributed by atoms with van der Waals surface area (Å²) in [5.74, 6) is -2.21. The first-order valence-corrected chi connectivity index (χ1v) is 14.0. The molecule has 42 heavy (non-hydrogen) atoms. The minimum absolute atomic E-state index is 0. The molecule has 0 radical (unpaired) electrons. The number of carbonyl (C=O) groups excluding carboxylic acids is 4. The first-order chi connectivity index (χ1) is 19.4. The Balaban J connectivity index is 0.00000405. The number of benzene rings is 1. The van der Waals surface area contributed by atoms with E-state index in [4.69, 9.17) is 37.2 Å². The number of esters is 2. The third kappa shape index (κ3) is 5.83. The summed E-state index contributed by atoms with van der Waals surface area (Å²) in [4.78, 5) is 53.3. The number of hydrogen-bond acceptors (Lipinski definition) is 9. The van der Waals surface area contributed by atoms with Crippen LogP contribution in [0.3, 0.4) is 0 Å². The molecule has 0 unspecified atom stereocenters. The molecule has 2 aliphatic heterocycles. The van der Waals surface area contributed by atoms with E-state index in [1.54, 1.807) is 75.1 Å². The largest absolute Gasteiger partial charge is 1.00 e. The van der Waals surface area contributed by atoms with Gasteiger partial charge in [-0.3, -0.25) is 9.59 Å². The first kappa shape index (κ1) is 32.0. The molecule has 0 aliphatic carbocycles. The molecule has 0 spiro atoms. The molecule has 2 aliphatic rings. The summed E-state index contributed by atoms with van der Waals surface area (Å²) in [5.41, 5.74) is 0.875. The van der Waals surface area contributed by atoms with Crippen LogP contribution in [0.4, 0.5) is 0 Å². The zero-order valence-corrected chi connectivity index (χ0v) is 27.2. The monoisotopic (exact) mass is 746 g/mol. The van der Waals surface area contributed by atoms with Gasteiger partial charge in [-0.2, -0.15) is 0 Å². The van der Waals surface area contributed by atoms with Crippen molar-refractivity contribution in [2.45, 2.75) is 43.0 Å². The second-order valence-corrected chi connectivity index (χ2v) is 12.6. The van der Waals surface area contributed by atoms with Gasteiger partial charge in [0.05, 0.1) is 10.0 Å². The normalized spacial score (nSPS) is 20.2. The molecular formula is C27H25Cl2IN4O7S. The van der Waals surface area contributed by atoms with Gasteiger partial charge in [0.1, 0.15) is 47.1 Å². The minimum atomic E-state index is -0.957. The van der Waals surface area contributed by atoms with Crippen LogP contribution < -0.4 is 33.9 Å². The van der Waals surface area contributed by atoms with Gasteiger partial charge in [-0.25, -0.2) is 14.2 Å². The molecule has 4 heterocycles. The zero-order chi connectivity index (χ0) is 29.6. The van der Waals surface area contributed by atoms with Gasteiger partial charge in [-0.15, -0.1) is 11.8 Å². The van der Waals surface area contributed by atoms with Crippen LogP contribution in [0.5, 0.6) is 0 Å². The first-order valence-electron chi connectivity index (χ1n) is 12.4. The molecule has 1 aromatic carbocycles. The molecule has 5 rings (SSSR count). The zero-order valence-electron chi connectivity index (χ0n) is 22.7. The predicted molar refractivity (Wildman–Crippen MR) is 148 cm³/mol. The number of nitrogens with zero attached hydrogens (tertiary/aromatic N) is 3. The maximum absolute atomic E-state index is 13.4. The van der Waals surface area contributed by atoms with Gasteiger partial charge in [0.25, 0.3) is 5.91 Å². The highest BCUT2D eigenvalue weighted by atomic mass is 127. The number of nitrogens with one attached hydrogen (secondary N) is 1. The highest BCUT2D eigenvalue weighted by Gasteiger charge is 2.64. The molecule has 2 amide bonds. The lowest BCUT2D eigenvalue weighted by Crippen LogP contribution is -3.00. The number of aryl methyl sites for hydroxylation is 2. The summed E-state index contributed by atoms with van der Waals surface area (Å²) in [7, 11) is 1.76. The highest BCUT2D eigenvalue weighted by Crippen LogP contribution is 2.51. The van der Waals surface area contributed by atoms with Gasteiger partial charge in [0.15, 0.2) is 12.4 Å². The van der Waals surface area contributed by atoms with Crippen molar-refractivity contribution in [1.82, 2.24) is 15.4 Å². The van der Waals surface area contributed by atoms with Crippen LogP contribution in [0.15, 0.2) is 47.2 Å². The van der Waals surface area contributed by atoms with Crippen molar-refractivity contribution < 1.29 is 61.7 Å². The number of carbonyl (C=O) groups is 4. The summed E-state index contributed by atoms with van der Waals surface area (Å²) in [5, 5.41) is 6.77. The molecule has 3 atom stereocenters. The average molecular weight is 747 g/mol. The van der Waals surface area contributed by atoms with Crippen molar-refractivity contribution in [2.24, 2.45) is 7.05 Å². The molecular weight excluding hydrogens is 722 g/mol. The molecule has 1 N–H and O–H groups in total. The lowest BCUT2D eigenvalue weighted by Gasteiger charge is -2.43. The van der Waals surface area contributed by atoms with E-state index in [1.807, 2.05) is 0 Å². The fraction of sp³-hybridized carbons (Fsp3) is 0.333. The van der Waals surface area contributed by atoms with E-state index in [1.165, 1.54) is 16.7 Å². The van der Waals surface area contributed by atoms with Crippen LogP contribution in [0.1, 0.15) is 40.3 Å². The maximum Gasteiger partial charge on any atom is 0.347 e. The summed E-state index contributed by atoms with van der Waals surface area (Å²) in [6.07, 6.45) is 3.33. The molecule has 11 nitrogen and oxygen atoms in total. The van der Waals surface area contributed by atoms with Crippen molar-refractivity contribution in [1.29, 1.82) is 0 Å². The third-order valence-electron chi connectivity index (χ3n) is 6.81. The topological polar surface area (TPSA) is 132 Å². The Morgan fingerprint density at radius 2 is 1.86 bits per heavy atom. The van der Waals surface area contributed by atoms with Crippen LogP contribution >= 0.6 is 35.0 Å². The number of rotatable bonds is 7. The lowest BCUT2D eigenvalue weighted by molar-refractivity contribution is -0.671. The average Bonchev–Trinajstić information content (AvgIpc) is 3.41. The van der Waals surface area contributed by atoms with Crippen molar-refractivity contribution in [3.8, 4) is 11.3 Å². The van der Waals surface area contributed by atoms with Crippen LogP contribution in [-0.2, 0) is 26.1 Å². The van der Waals surface area contributed by atoms with E-state index in [2.05, 4.69) is 10.5 Å². The number of β-lactam (4-membered cyclic amide) rings is 1. The van der Waals surface area contributed by atoms with Gasteiger partial charge in [-0.1, -0.05) is 34.4 Å². The molecule has 15 heteroatoms. The Kier molecular flexibility index (Phi) is 9.45. The number of hydrogen-bond donors (Lipinski definition) is 1. The van der Waals surface area contributed by atoms with E-state index < -0.39 is 52.8 Å². The Morgan fingerprint density at radius 1 is 1.17 bits per heavy atom. The summed E-state index contributed by atoms with van der Waals surface area (Å²) in [6.45, 7) is 4.55. The van der Waals surface area contributed by atoms with Crippen LogP contribution in [0, 0.1) is 6.92 Å². The van der Waals surface area contributed by atoms with E-state index >= 15 is 0 Å². The smallest absolute Gasteiger partial charge is 0.347 e. The molecule has 2 aromatic heterocycles. The maximum atomic E-state index is 13.4. The Labute approximate surface area is 272 Å². The van der Waals surface area contributed by atoms with Gasteiger partial charge in [0, 0.05) is 16.4 Å². The Hall–Kier alpha value is -2.88. The number of amides is 2. The fourth-order valence-electron chi connectivity index (χ4n) is 4.89. The molecule has 222 valence electrons. The Bertz CT molecular complexity index is 1560. The van der Waals surface area contributed by atoms with Crippen molar-refractivity contribution in [3.63, 3.8) is 0 Å². The second-order valence-electron chi connectivity index (χ2n) is 10.0. The van der Waals surface area contributed by atoms with E-state index in [9.17, 15) is 19.2 Å². The van der Waals surface area contributed by atoms with Gasteiger partial charge in [0.2, 0.25) is 12.7 Å². The van der Waals surface area contributed by atoms with Gasteiger partial charge >= 0.3 is 11.9 Å². The lowest BCUT2D eigenvalue weighted by atomic mass is 9.95. The number of aromatic nitrogens is 2. The van der Waals surface area contributed by atoms with Crippen molar-refractivity contribution in [2.75, 3.05) is 6.79 Å². The number of ether oxygens (including phenoxy) is 2. The van der Waals surface area contributed by atoms with E-state index in [-0.39, 0.29) is 51.0 Å². The fourth-order valence-corrected chi connectivity index (χ4v) is 7.08. The molecule has 0 saturated carbocycles. The number of pyridine rings is 1. The quantitative estimate of drug-likeness (QED) is 0.119. The van der Waals surface area contributed by atoms with Crippen molar-refractivity contribution >= 4 is 58.7 Å². The van der Waals surface area contributed by atoms with Gasteiger partial charge < -0.3 is 48.2 Å². The molecule has 3 aromatic rings. The Morgan fingerprint density at radius 3 is 2.52 bits per heavy atom. The SMILES string of the molecule is Cc1onc(-c2c(Cl)cccc2Cl)c1C(=O)N[C@H]1C(=O)N2[C@H]1SC(C)(C)[C@H]2C(=O)OCOC(=O)c1ccc[n+](C)c1.[I-]. The second kappa shape index (κ2) is 12.4. The number of fused-ring (bicyclic) bond motifs is 1. The summed E-state index contributed by atoms with van der Waals surface area (Å²) >= 11 is 14.0. The van der Waals surface area contributed by atoms with Gasteiger partial charge in [-0.05, 0) is 39.0 Å². The highest BCUT2D eigenvalue weighted by molar-refractivity contribution is 8.01. The molecule has 2 saturated heterocycles. The number of halogens is 3. The third-order valence-corrected chi connectivity index (χ3v) is 9.01. The molecule has 2 fully saturated rings. The standard InChI is InChI=1S/C27H24Cl2N4O7S.HI/c1-13-17(19(31-40-13)18-15(28)8-5-9-16(18)29)22(34)30-20-23(35)33-21(27(2,3)41-24(20)33)26(37)39-12-38-25(36)14-7-6-10-32(4)11-14;/h5-11,20-21,24H,12H2,1-4H3;1H/t20-,21+,24-;/m0./s1. The van der Waals surface area contributed by atoms with E-state index in [0.29, 0.717) is 11.1 Å². The molecule has 0 bridgehead atoms. The van der Waals surface area contributed by atoms with Crippen molar-refractivity contribution in [3.05, 3.63) is 69.7 Å².